The molecule has 0 amide bonds. The molecule has 0 radical (unpaired) electrons. The standard InChI is InChI=1S/C19H27NO2/c1-5-11-20-12-10-18(21)16(14-20)13-15-6-8-17(9-7-15)22-19(2,3)4/h6-9,13H,5,10-12,14H2,1-4H3/b16-13+. The number of benzene rings is 1. The third-order valence-corrected chi connectivity index (χ3v) is 3.59. The van der Waals surface area contributed by atoms with Crippen LogP contribution in [-0.2, 0) is 4.79 Å². The molecule has 2 rings (SSSR count). The second-order valence-electron chi connectivity index (χ2n) is 6.90. The van der Waals surface area contributed by atoms with Gasteiger partial charge in [-0.3, -0.25) is 9.69 Å². The molecule has 0 aliphatic carbocycles. The highest BCUT2D eigenvalue weighted by Gasteiger charge is 2.20. The molecular formula is C19H27NO2. The number of nitrogens with zero attached hydrogens (tertiary/aromatic N) is 1. The molecule has 1 aliphatic heterocycles. The van der Waals surface area contributed by atoms with Gasteiger partial charge < -0.3 is 4.74 Å². The van der Waals surface area contributed by atoms with Gasteiger partial charge in [-0.15, -0.1) is 0 Å². The van der Waals surface area contributed by atoms with Gasteiger partial charge in [0, 0.05) is 25.1 Å². The molecule has 3 heteroatoms. The summed E-state index contributed by atoms with van der Waals surface area (Å²) in [6.07, 6.45) is 3.78. The Labute approximate surface area is 134 Å². The van der Waals surface area contributed by atoms with Crippen LogP contribution in [0.3, 0.4) is 0 Å². The quantitative estimate of drug-likeness (QED) is 0.789. The van der Waals surface area contributed by atoms with Gasteiger partial charge in [-0.1, -0.05) is 19.1 Å². The summed E-state index contributed by atoms with van der Waals surface area (Å²) in [4.78, 5) is 14.4. The van der Waals surface area contributed by atoms with Gasteiger partial charge in [-0.05, 0) is 57.5 Å². The largest absolute Gasteiger partial charge is 0.488 e. The molecule has 3 nitrogen and oxygen atoms in total. The van der Waals surface area contributed by atoms with E-state index in [-0.39, 0.29) is 11.4 Å². The van der Waals surface area contributed by atoms with Crippen molar-refractivity contribution in [2.75, 3.05) is 19.6 Å². The first kappa shape index (κ1) is 16.8. The minimum absolute atomic E-state index is 0.194. The minimum Gasteiger partial charge on any atom is -0.488 e. The molecule has 22 heavy (non-hydrogen) atoms. The van der Waals surface area contributed by atoms with Crippen molar-refractivity contribution in [1.29, 1.82) is 0 Å². The van der Waals surface area contributed by atoms with Crippen LogP contribution in [0.2, 0.25) is 0 Å². The van der Waals surface area contributed by atoms with E-state index in [2.05, 4.69) is 11.8 Å². The van der Waals surface area contributed by atoms with E-state index in [4.69, 9.17) is 4.74 Å². The number of ketones is 1. The first-order valence-electron chi connectivity index (χ1n) is 8.12. The summed E-state index contributed by atoms with van der Waals surface area (Å²) in [5, 5.41) is 0. The molecule has 1 aromatic carbocycles. The van der Waals surface area contributed by atoms with E-state index < -0.39 is 0 Å². The molecule has 120 valence electrons. The third kappa shape index (κ3) is 4.99. The van der Waals surface area contributed by atoms with Crippen LogP contribution in [0.5, 0.6) is 5.75 Å². The van der Waals surface area contributed by atoms with Crippen molar-refractivity contribution in [3.05, 3.63) is 35.4 Å². The van der Waals surface area contributed by atoms with Crippen LogP contribution >= 0.6 is 0 Å². The molecule has 0 unspecified atom stereocenters. The predicted octanol–water partition coefficient (Wildman–Crippen LogP) is 3.93. The number of hydrogen-bond donors (Lipinski definition) is 0. The Kier molecular flexibility index (Phi) is 5.41. The van der Waals surface area contributed by atoms with Crippen molar-refractivity contribution in [3.8, 4) is 5.75 Å². The fourth-order valence-electron chi connectivity index (χ4n) is 2.65. The lowest BCUT2D eigenvalue weighted by atomic mass is 10.00. The fraction of sp³-hybridized carbons (Fsp3) is 0.526. The van der Waals surface area contributed by atoms with E-state index in [1.54, 1.807) is 0 Å². The molecule has 0 aromatic heterocycles. The molecule has 1 heterocycles. The molecule has 0 atom stereocenters. The average molecular weight is 301 g/mol. The predicted molar refractivity (Wildman–Crippen MR) is 91.2 cm³/mol. The second kappa shape index (κ2) is 7.10. The Balaban J connectivity index is 2.09. The fourth-order valence-corrected chi connectivity index (χ4v) is 2.65. The molecular weight excluding hydrogens is 274 g/mol. The number of likely N-dealkylation sites (tertiary alicyclic amines) is 1. The van der Waals surface area contributed by atoms with E-state index in [1.807, 2.05) is 51.1 Å². The zero-order valence-corrected chi connectivity index (χ0v) is 14.2. The summed E-state index contributed by atoms with van der Waals surface area (Å²) in [5.41, 5.74) is 1.78. The number of carbonyl (C=O) groups excluding carboxylic acids is 1. The van der Waals surface area contributed by atoms with Gasteiger partial charge in [0.15, 0.2) is 5.78 Å². The number of hydrogen-bond acceptors (Lipinski definition) is 3. The normalized spacial score (nSPS) is 18.7. The van der Waals surface area contributed by atoms with Crippen LogP contribution in [0.4, 0.5) is 0 Å². The lowest BCUT2D eigenvalue weighted by Crippen LogP contribution is -2.36. The summed E-state index contributed by atoms with van der Waals surface area (Å²) in [7, 11) is 0. The van der Waals surface area contributed by atoms with Crippen molar-refractivity contribution >= 4 is 11.9 Å². The van der Waals surface area contributed by atoms with Gasteiger partial charge in [-0.2, -0.15) is 0 Å². The zero-order chi connectivity index (χ0) is 16.2. The SMILES string of the molecule is CCCN1CCC(=O)/C(=C/c2ccc(OC(C)(C)C)cc2)C1. The number of ether oxygens (including phenoxy) is 1. The number of carbonyl (C=O) groups is 1. The van der Waals surface area contributed by atoms with Gasteiger partial charge in [-0.25, -0.2) is 0 Å². The van der Waals surface area contributed by atoms with Crippen molar-refractivity contribution in [2.24, 2.45) is 0 Å². The summed E-state index contributed by atoms with van der Waals surface area (Å²) in [6.45, 7) is 11.0. The highest BCUT2D eigenvalue weighted by atomic mass is 16.5. The van der Waals surface area contributed by atoms with E-state index in [1.165, 1.54) is 0 Å². The minimum atomic E-state index is -0.194. The van der Waals surface area contributed by atoms with Gasteiger partial charge in [0.2, 0.25) is 0 Å². The van der Waals surface area contributed by atoms with E-state index in [0.717, 1.165) is 42.9 Å². The Morgan fingerprint density at radius 3 is 2.50 bits per heavy atom. The monoisotopic (exact) mass is 301 g/mol. The summed E-state index contributed by atoms with van der Waals surface area (Å²) >= 11 is 0. The Morgan fingerprint density at radius 1 is 1.23 bits per heavy atom. The maximum absolute atomic E-state index is 12.1. The highest BCUT2D eigenvalue weighted by Crippen LogP contribution is 2.21. The van der Waals surface area contributed by atoms with E-state index in [9.17, 15) is 4.79 Å². The number of Topliss-reactive ketones (excluding diaryl/α,β-unsaturated/α-hetero) is 1. The third-order valence-electron chi connectivity index (χ3n) is 3.59. The first-order chi connectivity index (χ1) is 10.4. The molecule has 0 saturated carbocycles. The maximum Gasteiger partial charge on any atom is 0.161 e. The van der Waals surface area contributed by atoms with Crippen LogP contribution in [0.1, 0.15) is 46.1 Å². The summed E-state index contributed by atoms with van der Waals surface area (Å²) < 4.78 is 5.82. The highest BCUT2D eigenvalue weighted by molar-refractivity contribution is 6.00. The van der Waals surface area contributed by atoms with Crippen LogP contribution < -0.4 is 4.74 Å². The second-order valence-corrected chi connectivity index (χ2v) is 6.90. The van der Waals surface area contributed by atoms with Gasteiger partial charge in [0.1, 0.15) is 11.4 Å². The van der Waals surface area contributed by atoms with Crippen LogP contribution in [-0.4, -0.2) is 35.9 Å². The number of rotatable bonds is 4. The molecule has 0 N–H and O–H groups in total. The lowest BCUT2D eigenvalue weighted by Gasteiger charge is -2.27. The molecule has 1 aliphatic rings. The van der Waals surface area contributed by atoms with E-state index >= 15 is 0 Å². The van der Waals surface area contributed by atoms with Crippen molar-refractivity contribution in [1.82, 2.24) is 4.90 Å². The molecule has 0 bridgehead atoms. The van der Waals surface area contributed by atoms with Gasteiger partial charge in [0.05, 0.1) is 0 Å². The van der Waals surface area contributed by atoms with Crippen molar-refractivity contribution in [3.63, 3.8) is 0 Å². The maximum atomic E-state index is 12.1. The summed E-state index contributed by atoms with van der Waals surface area (Å²) in [5.74, 6) is 1.14. The van der Waals surface area contributed by atoms with Crippen LogP contribution in [0.15, 0.2) is 29.8 Å². The molecule has 1 saturated heterocycles. The first-order valence-corrected chi connectivity index (χ1v) is 8.12. The van der Waals surface area contributed by atoms with Gasteiger partial charge in [0.25, 0.3) is 0 Å². The Morgan fingerprint density at radius 2 is 1.91 bits per heavy atom. The lowest BCUT2D eigenvalue weighted by molar-refractivity contribution is -0.117. The average Bonchev–Trinajstić information content (AvgIpc) is 2.43. The molecule has 0 spiro atoms. The molecule has 1 fully saturated rings. The smallest absolute Gasteiger partial charge is 0.161 e. The topological polar surface area (TPSA) is 29.5 Å². The van der Waals surface area contributed by atoms with Crippen LogP contribution in [0.25, 0.3) is 6.08 Å². The number of piperidine rings is 1. The van der Waals surface area contributed by atoms with Crippen molar-refractivity contribution in [2.45, 2.75) is 46.1 Å². The van der Waals surface area contributed by atoms with Gasteiger partial charge >= 0.3 is 0 Å². The van der Waals surface area contributed by atoms with Crippen LogP contribution in [0, 0.1) is 0 Å². The molecule has 1 aromatic rings. The van der Waals surface area contributed by atoms with Crippen molar-refractivity contribution < 1.29 is 9.53 Å². The van der Waals surface area contributed by atoms with E-state index in [0.29, 0.717) is 6.42 Å². The Bertz CT molecular complexity index is 538. The summed E-state index contributed by atoms with van der Waals surface area (Å²) in [6, 6.07) is 7.96. The Hall–Kier alpha value is -1.61. The zero-order valence-electron chi connectivity index (χ0n) is 14.2.